The Labute approximate surface area is 130 Å². The Hall–Kier alpha value is -1.85. The van der Waals surface area contributed by atoms with E-state index in [0.29, 0.717) is 17.2 Å². The highest BCUT2D eigenvalue weighted by molar-refractivity contribution is 7.22. The standard InChI is InChI=1S/C15H12ClNO3S/c1-3-20-8-4-5-9-12(6-8)21-15-10(17-9)7-11(19-2)14(18)13(15)16/h4-7H,3H2,1-2H3. The highest BCUT2D eigenvalue weighted by atomic mass is 35.5. The van der Waals surface area contributed by atoms with E-state index in [2.05, 4.69) is 4.98 Å². The van der Waals surface area contributed by atoms with Crippen molar-refractivity contribution in [2.45, 2.75) is 6.92 Å². The van der Waals surface area contributed by atoms with Crippen molar-refractivity contribution in [3.63, 3.8) is 0 Å². The average molecular weight is 322 g/mol. The van der Waals surface area contributed by atoms with Gasteiger partial charge in [0.1, 0.15) is 10.8 Å². The fourth-order valence-corrected chi connectivity index (χ4v) is 3.39. The van der Waals surface area contributed by atoms with Gasteiger partial charge in [-0.15, -0.1) is 11.3 Å². The van der Waals surface area contributed by atoms with Crippen LogP contribution in [-0.4, -0.2) is 18.7 Å². The molecule has 1 aliphatic heterocycles. The van der Waals surface area contributed by atoms with E-state index < -0.39 is 0 Å². The summed E-state index contributed by atoms with van der Waals surface area (Å²) >= 11 is 7.58. The van der Waals surface area contributed by atoms with Gasteiger partial charge in [-0.2, -0.15) is 0 Å². The van der Waals surface area contributed by atoms with E-state index in [1.807, 2.05) is 25.1 Å². The summed E-state index contributed by atoms with van der Waals surface area (Å²) in [6, 6.07) is 7.29. The monoisotopic (exact) mass is 321 g/mol. The first-order chi connectivity index (χ1) is 10.1. The number of halogens is 1. The van der Waals surface area contributed by atoms with Crippen molar-refractivity contribution in [1.29, 1.82) is 0 Å². The van der Waals surface area contributed by atoms with Crippen LogP contribution in [0.15, 0.2) is 29.1 Å². The molecule has 1 heterocycles. The Morgan fingerprint density at radius 2 is 2.14 bits per heavy atom. The molecule has 0 aromatic heterocycles. The van der Waals surface area contributed by atoms with Crippen LogP contribution in [0.3, 0.4) is 0 Å². The highest BCUT2D eigenvalue weighted by Gasteiger charge is 2.18. The first-order valence-electron chi connectivity index (χ1n) is 6.38. The van der Waals surface area contributed by atoms with Crippen LogP contribution in [0.2, 0.25) is 5.02 Å². The molecule has 2 aliphatic rings. The molecule has 0 amide bonds. The van der Waals surface area contributed by atoms with Crippen LogP contribution in [-0.2, 0) is 0 Å². The molecule has 1 aromatic carbocycles. The molecule has 0 atom stereocenters. The summed E-state index contributed by atoms with van der Waals surface area (Å²) in [7, 11) is 1.44. The number of benzene rings is 2. The van der Waals surface area contributed by atoms with Gasteiger partial charge in [0.25, 0.3) is 0 Å². The van der Waals surface area contributed by atoms with E-state index in [1.165, 1.54) is 18.4 Å². The molecule has 0 N–H and O–H groups in total. The molecule has 21 heavy (non-hydrogen) atoms. The van der Waals surface area contributed by atoms with Gasteiger partial charge in [-0.25, -0.2) is 4.98 Å². The summed E-state index contributed by atoms with van der Waals surface area (Å²) < 4.78 is 11.4. The summed E-state index contributed by atoms with van der Waals surface area (Å²) in [5.41, 5.74) is 1.16. The molecule has 0 saturated carbocycles. The zero-order chi connectivity index (χ0) is 15.0. The maximum atomic E-state index is 12.0. The molecule has 0 fully saturated rings. The van der Waals surface area contributed by atoms with Crippen molar-refractivity contribution in [2.24, 2.45) is 0 Å². The van der Waals surface area contributed by atoms with Gasteiger partial charge in [-0.05, 0) is 25.1 Å². The minimum absolute atomic E-state index is 0.144. The van der Waals surface area contributed by atoms with Crippen molar-refractivity contribution >= 4 is 33.2 Å². The van der Waals surface area contributed by atoms with Crippen molar-refractivity contribution in [3.8, 4) is 22.1 Å². The van der Waals surface area contributed by atoms with Gasteiger partial charge >= 0.3 is 0 Å². The molecule has 0 bridgehead atoms. The van der Waals surface area contributed by atoms with Crippen LogP contribution in [0.5, 0.6) is 11.5 Å². The lowest BCUT2D eigenvalue weighted by Gasteiger charge is -2.10. The van der Waals surface area contributed by atoms with Crippen molar-refractivity contribution in [2.75, 3.05) is 13.7 Å². The van der Waals surface area contributed by atoms with E-state index in [-0.39, 0.29) is 16.2 Å². The van der Waals surface area contributed by atoms with Gasteiger partial charge in [0.15, 0.2) is 5.75 Å². The summed E-state index contributed by atoms with van der Waals surface area (Å²) in [6.45, 7) is 2.53. The van der Waals surface area contributed by atoms with Gasteiger partial charge in [-0.3, -0.25) is 4.79 Å². The van der Waals surface area contributed by atoms with E-state index >= 15 is 0 Å². The predicted octanol–water partition coefficient (Wildman–Crippen LogP) is 3.82. The maximum Gasteiger partial charge on any atom is 0.240 e. The lowest BCUT2D eigenvalue weighted by molar-refractivity contribution is 0.341. The third kappa shape index (κ3) is 2.43. The molecule has 0 unspecified atom stereocenters. The molecule has 108 valence electrons. The second-order valence-corrected chi connectivity index (χ2v) is 5.78. The van der Waals surface area contributed by atoms with Crippen LogP contribution in [0, 0.1) is 0 Å². The number of methoxy groups -OCH3 is 1. The number of hydrogen-bond acceptors (Lipinski definition) is 5. The first-order valence-corrected chi connectivity index (χ1v) is 7.57. The smallest absolute Gasteiger partial charge is 0.240 e. The fraction of sp³-hybridized carbons (Fsp3) is 0.200. The third-order valence-electron chi connectivity index (χ3n) is 3.04. The topological polar surface area (TPSA) is 48.4 Å². The van der Waals surface area contributed by atoms with Gasteiger partial charge in [0.05, 0.1) is 34.5 Å². The minimum atomic E-state index is -0.315. The third-order valence-corrected chi connectivity index (χ3v) is 4.68. The molecule has 4 nitrogen and oxygen atoms in total. The number of aromatic nitrogens is 1. The lowest BCUT2D eigenvalue weighted by Crippen LogP contribution is -2.08. The predicted molar refractivity (Wildman–Crippen MR) is 85.2 cm³/mol. The maximum absolute atomic E-state index is 12.0. The molecule has 3 rings (SSSR count). The zero-order valence-corrected chi connectivity index (χ0v) is 13.0. The molecular formula is C15H12ClNO3S. The molecule has 0 saturated heterocycles. The molecule has 1 aromatic rings. The van der Waals surface area contributed by atoms with Crippen LogP contribution in [0.25, 0.3) is 20.8 Å². The summed E-state index contributed by atoms with van der Waals surface area (Å²) in [4.78, 5) is 17.2. The van der Waals surface area contributed by atoms with Gasteiger partial charge < -0.3 is 9.47 Å². The molecule has 0 radical (unpaired) electrons. The quantitative estimate of drug-likeness (QED) is 0.688. The Bertz CT molecular complexity index is 846. The molecule has 6 heteroatoms. The summed E-state index contributed by atoms with van der Waals surface area (Å²) in [5.74, 6) is 0.979. The molecule has 0 spiro atoms. The second kappa shape index (κ2) is 5.50. The van der Waals surface area contributed by atoms with E-state index in [4.69, 9.17) is 21.1 Å². The van der Waals surface area contributed by atoms with Crippen LogP contribution >= 0.6 is 22.9 Å². The zero-order valence-electron chi connectivity index (χ0n) is 11.5. The van der Waals surface area contributed by atoms with E-state index in [9.17, 15) is 4.79 Å². The van der Waals surface area contributed by atoms with Crippen LogP contribution < -0.4 is 14.9 Å². The SMILES string of the molecule is CCOc1ccc2nc3cc(OC)c(=O)c(Cl)c-3sc2c1. The normalized spacial score (nSPS) is 11.0. The largest absolute Gasteiger partial charge is 0.494 e. The van der Waals surface area contributed by atoms with Crippen molar-refractivity contribution < 1.29 is 9.47 Å². The Balaban J connectivity index is 2.31. The van der Waals surface area contributed by atoms with Gasteiger partial charge in [0.2, 0.25) is 5.43 Å². The van der Waals surface area contributed by atoms with E-state index in [1.54, 1.807) is 6.07 Å². The Kier molecular flexibility index (Phi) is 3.69. The van der Waals surface area contributed by atoms with Crippen LogP contribution in [0.1, 0.15) is 6.92 Å². The number of fused-ring (bicyclic) bond motifs is 2. The van der Waals surface area contributed by atoms with E-state index in [0.717, 1.165) is 16.0 Å². The number of ether oxygens (including phenoxy) is 2. The number of nitrogens with zero attached hydrogens (tertiary/aromatic N) is 1. The van der Waals surface area contributed by atoms with Gasteiger partial charge in [-0.1, -0.05) is 11.6 Å². The molecular weight excluding hydrogens is 310 g/mol. The summed E-state index contributed by atoms with van der Waals surface area (Å²) in [6.07, 6.45) is 0. The van der Waals surface area contributed by atoms with Crippen molar-refractivity contribution in [3.05, 3.63) is 39.5 Å². The number of rotatable bonds is 3. The lowest BCUT2D eigenvalue weighted by atomic mass is 10.2. The number of hydrogen-bond donors (Lipinski definition) is 0. The molecule has 1 aliphatic carbocycles. The Morgan fingerprint density at radius 1 is 1.33 bits per heavy atom. The fourth-order valence-electron chi connectivity index (χ4n) is 2.08. The summed E-state index contributed by atoms with van der Waals surface area (Å²) in [5, 5.41) is 0.144. The average Bonchev–Trinajstić information content (AvgIpc) is 2.50. The van der Waals surface area contributed by atoms with Gasteiger partial charge in [0, 0.05) is 6.07 Å². The van der Waals surface area contributed by atoms with Crippen LogP contribution in [0.4, 0.5) is 0 Å². The second-order valence-electron chi connectivity index (χ2n) is 4.35. The minimum Gasteiger partial charge on any atom is -0.494 e. The highest BCUT2D eigenvalue weighted by Crippen LogP contribution is 2.37. The first kappa shape index (κ1) is 14.1. The Morgan fingerprint density at radius 3 is 2.86 bits per heavy atom. The van der Waals surface area contributed by atoms with Crippen molar-refractivity contribution in [1.82, 2.24) is 4.98 Å².